The van der Waals surface area contributed by atoms with Crippen LogP contribution in [0.3, 0.4) is 0 Å². The van der Waals surface area contributed by atoms with E-state index in [4.69, 9.17) is 0 Å². The Bertz CT molecular complexity index is 534. The zero-order chi connectivity index (χ0) is 14.4. The quantitative estimate of drug-likeness (QED) is 0.755. The van der Waals surface area contributed by atoms with Crippen LogP contribution < -0.4 is 10.6 Å². The molecule has 5 nitrogen and oxygen atoms in total. The largest absolute Gasteiger partial charge is 0.345 e. The molecule has 106 valence electrons. The Morgan fingerprint density at radius 2 is 2.10 bits per heavy atom. The average molecular weight is 272 g/mol. The molecular weight excluding hydrogens is 252 g/mol. The molecule has 1 atom stereocenters. The lowest BCUT2D eigenvalue weighted by molar-refractivity contribution is -0.119. The molecule has 1 heterocycles. The third-order valence-corrected chi connectivity index (χ3v) is 3.11. The van der Waals surface area contributed by atoms with Crippen molar-refractivity contribution in [1.82, 2.24) is 15.3 Å². The number of anilines is 1. The number of H-pyrrole nitrogens is 1. The first-order valence-corrected chi connectivity index (χ1v) is 6.81. The summed E-state index contributed by atoms with van der Waals surface area (Å²) >= 11 is 0. The van der Waals surface area contributed by atoms with E-state index in [1.54, 1.807) is 12.5 Å². The molecule has 0 radical (unpaired) electrons. The predicted octanol–water partition coefficient (Wildman–Crippen LogP) is 2.26. The fourth-order valence-electron chi connectivity index (χ4n) is 1.87. The van der Waals surface area contributed by atoms with Crippen LogP contribution in [0.25, 0.3) is 11.3 Å². The molecule has 2 aromatic rings. The zero-order valence-electron chi connectivity index (χ0n) is 11.8. The average Bonchev–Trinajstić information content (AvgIpc) is 2.99. The van der Waals surface area contributed by atoms with Gasteiger partial charge in [0.1, 0.15) is 0 Å². The molecule has 0 spiro atoms. The summed E-state index contributed by atoms with van der Waals surface area (Å²) < 4.78 is 0. The number of carbonyl (C=O) groups excluding carboxylic acids is 1. The fraction of sp³-hybridized carbons (Fsp3) is 0.333. The molecule has 1 unspecified atom stereocenters. The maximum Gasteiger partial charge on any atom is 0.228 e. The summed E-state index contributed by atoms with van der Waals surface area (Å²) in [6.07, 6.45) is 3.42. The highest BCUT2D eigenvalue weighted by molar-refractivity contribution is 5.92. The summed E-state index contributed by atoms with van der Waals surface area (Å²) in [5.74, 6) is -0.0255. The lowest BCUT2D eigenvalue weighted by Crippen LogP contribution is -2.30. The lowest BCUT2D eigenvalue weighted by atomic mass is 10.1. The van der Waals surface area contributed by atoms with Gasteiger partial charge >= 0.3 is 0 Å². The van der Waals surface area contributed by atoms with Crippen molar-refractivity contribution in [1.29, 1.82) is 0 Å². The van der Waals surface area contributed by atoms with Crippen LogP contribution in [0.2, 0.25) is 0 Å². The highest BCUT2D eigenvalue weighted by atomic mass is 16.1. The molecule has 0 saturated carbocycles. The van der Waals surface area contributed by atoms with Gasteiger partial charge in [-0.15, -0.1) is 0 Å². The summed E-state index contributed by atoms with van der Waals surface area (Å²) in [6, 6.07) is 7.71. The van der Waals surface area contributed by atoms with Gasteiger partial charge in [0.15, 0.2) is 0 Å². The third-order valence-electron chi connectivity index (χ3n) is 3.11. The Balaban J connectivity index is 1.95. The topological polar surface area (TPSA) is 69.8 Å². The number of imidazole rings is 1. The van der Waals surface area contributed by atoms with Crippen LogP contribution in [0.1, 0.15) is 13.8 Å². The van der Waals surface area contributed by atoms with Gasteiger partial charge in [-0.1, -0.05) is 26.0 Å². The minimum atomic E-state index is -0.0535. The predicted molar refractivity (Wildman–Crippen MR) is 80.4 cm³/mol. The van der Waals surface area contributed by atoms with Gasteiger partial charge in [0.2, 0.25) is 5.91 Å². The Labute approximate surface area is 118 Å². The molecule has 5 heteroatoms. The highest BCUT2D eigenvalue weighted by Gasteiger charge is 2.12. The van der Waals surface area contributed by atoms with Gasteiger partial charge in [0.25, 0.3) is 0 Å². The van der Waals surface area contributed by atoms with E-state index < -0.39 is 0 Å². The van der Waals surface area contributed by atoms with Gasteiger partial charge in [-0.2, -0.15) is 0 Å². The molecule has 3 N–H and O–H groups in total. The van der Waals surface area contributed by atoms with Gasteiger partial charge < -0.3 is 15.6 Å². The number of carbonyl (C=O) groups is 1. The summed E-state index contributed by atoms with van der Waals surface area (Å²) in [4.78, 5) is 19.0. The van der Waals surface area contributed by atoms with E-state index >= 15 is 0 Å². The van der Waals surface area contributed by atoms with Crippen molar-refractivity contribution >= 4 is 11.6 Å². The Hall–Kier alpha value is -2.14. The number of amides is 1. The molecule has 0 aliphatic heterocycles. The van der Waals surface area contributed by atoms with Crippen LogP contribution in [0.5, 0.6) is 0 Å². The van der Waals surface area contributed by atoms with Gasteiger partial charge in [0.05, 0.1) is 18.2 Å². The minimum Gasteiger partial charge on any atom is -0.345 e. The highest BCUT2D eigenvalue weighted by Crippen LogP contribution is 2.19. The standard InChI is InChI=1S/C15H20N4O/c1-3-16-8-11(2)15(20)19-13-6-4-12(5-7-13)14-9-17-10-18-14/h4-7,9-11,16H,3,8H2,1-2H3,(H,17,18)(H,19,20). The Morgan fingerprint density at radius 1 is 1.35 bits per heavy atom. The lowest BCUT2D eigenvalue weighted by Gasteiger charge is -2.12. The third kappa shape index (κ3) is 3.68. The zero-order valence-corrected chi connectivity index (χ0v) is 11.8. The number of nitrogens with one attached hydrogen (secondary N) is 3. The molecule has 1 aromatic carbocycles. The number of nitrogens with zero attached hydrogens (tertiary/aromatic N) is 1. The van der Waals surface area contributed by atoms with Crippen LogP contribution in [-0.2, 0) is 4.79 Å². The number of aromatic amines is 1. The van der Waals surface area contributed by atoms with Crippen molar-refractivity contribution in [3.05, 3.63) is 36.8 Å². The first-order chi connectivity index (χ1) is 9.70. The van der Waals surface area contributed by atoms with Crippen molar-refractivity contribution in [2.75, 3.05) is 18.4 Å². The smallest absolute Gasteiger partial charge is 0.228 e. The van der Waals surface area contributed by atoms with E-state index in [1.165, 1.54) is 0 Å². The summed E-state index contributed by atoms with van der Waals surface area (Å²) in [5, 5.41) is 6.09. The van der Waals surface area contributed by atoms with Crippen molar-refractivity contribution in [2.24, 2.45) is 5.92 Å². The van der Waals surface area contributed by atoms with Gasteiger partial charge in [-0.3, -0.25) is 4.79 Å². The maximum atomic E-state index is 12.0. The number of hydrogen-bond donors (Lipinski definition) is 3. The molecular formula is C15H20N4O. The summed E-state index contributed by atoms with van der Waals surface area (Å²) in [5.41, 5.74) is 2.81. The number of rotatable bonds is 6. The Kier molecular flexibility index (Phi) is 4.90. The summed E-state index contributed by atoms with van der Waals surface area (Å²) in [6.45, 7) is 5.50. The normalized spacial score (nSPS) is 12.1. The maximum absolute atomic E-state index is 12.0. The molecule has 1 amide bonds. The van der Waals surface area contributed by atoms with Crippen LogP contribution >= 0.6 is 0 Å². The molecule has 2 rings (SSSR count). The van der Waals surface area contributed by atoms with Crippen molar-refractivity contribution in [3.63, 3.8) is 0 Å². The fourth-order valence-corrected chi connectivity index (χ4v) is 1.87. The molecule has 20 heavy (non-hydrogen) atoms. The molecule has 1 aromatic heterocycles. The van der Waals surface area contributed by atoms with Gasteiger partial charge in [0, 0.05) is 18.2 Å². The van der Waals surface area contributed by atoms with Crippen LogP contribution in [-0.4, -0.2) is 29.0 Å². The van der Waals surface area contributed by atoms with Crippen LogP contribution in [0.15, 0.2) is 36.8 Å². The second-order valence-electron chi connectivity index (χ2n) is 4.74. The van der Waals surface area contributed by atoms with E-state index in [1.807, 2.05) is 38.1 Å². The first-order valence-electron chi connectivity index (χ1n) is 6.81. The van der Waals surface area contributed by atoms with Gasteiger partial charge in [-0.05, 0) is 24.2 Å². The van der Waals surface area contributed by atoms with E-state index in [0.29, 0.717) is 6.54 Å². The molecule has 0 aliphatic rings. The summed E-state index contributed by atoms with van der Waals surface area (Å²) in [7, 11) is 0. The minimum absolute atomic E-state index is 0.0280. The molecule has 0 fully saturated rings. The molecule has 0 aliphatic carbocycles. The van der Waals surface area contributed by atoms with E-state index in [2.05, 4.69) is 20.6 Å². The number of aromatic nitrogens is 2. The van der Waals surface area contributed by atoms with E-state index in [0.717, 1.165) is 23.5 Å². The van der Waals surface area contributed by atoms with Crippen molar-refractivity contribution in [3.8, 4) is 11.3 Å². The number of benzene rings is 1. The van der Waals surface area contributed by atoms with E-state index in [9.17, 15) is 4.79 Å². The van der Waals surface area contributed by atoms with Crippen LogP contribution in [0, 0.1) is 5.92 Å². The second-order valence-corrected chi connectivity index (χ2v) is 4.74. The van der Waals surface area contributed by atoms with Gasteiger partial charge in [-0.25, -0.2) is 4.98 Å². The van der Waals surface area contributed by atoms with Crippen molar-refractivity contribution < 1.29 is 4.79 Å². The monoisotopic (exact) mass is 272 g/mol. The van der Waals surface area contributed by atoms with Crippen molar-refractivity contribution in [2.45, 2.75) is 13.8 Å². The number of hydrogen-bond acceptors (Lipinski definition) is 3. The molecule has 0 bridgehead atoms. The second kappa shape index (κ2) is 6.86. The first kappa shape index (κ1) is 14.3. The Morgan fingerprint density at radius 3 is 2.70 bits per heavy atom. The molecule has 0 saturated heterocycles. The van der Waals surface area contributed by atoms with Crippen LogP contribution in [0.4, 0.5) is 5.69 Å². The van der Waals surface area contributed by atoms with E-state index in [-0.39, 0.29) is 11.8 Å². The SMILES string of the molecule is CCNCC(C)C(=O)Nc1ccc(-c2cnc[nH]2)cc1.